The molecule has 0 spiro atoms. The number of carbonyl (C=O) groups excluding carboxylic acids is 1. The fourth-order valence-corrected chi connectivity index (χ4v) is 1.85. The van der Waals surface area contributed by atoms with Crippen molar-refractivity contribution < 1.29 is 14.6 Å². The molecule has 0 bridgehead atoms. The van der Waals surface area contributed by atoms with E-state index in [9.17, 15) is 9.90 Å². The van der Waals surface area contributed by atoms with E-state index in [1.165, 1.54) is 4.57 Å². The van der Waals surface area contributed by atoms with Gasteiger partial charge in [0.1, 0.15) is 11.4 Å². The number of phenols is 1. The number of benzene rings is 1. The van der Waals surface area contributed by atoms with Crippen LogP contribution in [-0.4, -0.2) is 21.4 Å². The maximum atomic E-state index is 12.1. The minimum atomic E-state index is -0.543. The van der Waals surface area contributed by atoms with Gasteiger partial charge in [-0.25, -0.2) is 4.79 Å². The third-order valence-electron chi connectivity index (χ3n) is 2.58. The van der Waals surface area contributed by atoms with E-state index in [0.717, 1.165) is 10.9 Å². The third-order valence-corrected chi connectivity index (χ3v) is 2.58. The summed E-state index contributed by atoms with van der Waals surface area (Å²) in [7, 11) is 0. The lowest BCUT2D eigenvalue weighted by Gasteiger charge is -2.19. The van der Waals surface area contributed by atoms with E-state index in [-0.39, 0.29) is 5.75 Å². The van der Waals surface area contributed by atoms with Gasteiger partial charge in [-0.1, -0.05) is 0 Å². The Labute approximate surface area is 106 Å². The van der Waals surface area contributed by atoms with Gasteiger partial charge in [-0.05, 0) is 45.4 Å². The van der Waals surface area contributed by atoms with E-state index in [2.05, 4.69) is 0 Å². The summed E-state index contributed by atoms with van der Waals surface area (Å²) in [4.78, 5) is 12.1. The molecule has 0 aliphatic heterocycles. The van der Waals surface area contributed by atoms with Crippen molar-refractivity contribution in [2.75, 3.05) is 0 Å². The van der Waals surface area contributed by atoms with Crippen LogP contribution in [0.2, 0.25) is 0 Å². The summed E-state index contributed by atoms with van der Waals surface area (Å²) < 4.78 is 6.75. The van der Waals surface area contributed by atoms with Crippen molar-refractivity contribution in [1.29, 1.82) is 0 Å². The molecular weight excluding hydrogens is 230 g/mol. The van der Waals surface area contributed by atoms with Crippen LogP contribution in [0.4, 0.5) is 4.79 Å². The third kappa shape index (κ3) is 2.32. The first-order valence-corrected chi connectivity index (χ1v) is 5.82. The number of nitrogens with zero attached hydrogens (tertiary/aromatic N) is 1. The SMILES string of the molecule is Cc1cn(C(=O)OC(C)(C)C)c2cc(O)ccc12. The molecule has 2 aromatic rings. The molecule has 0 saturated carbocycles. The van der Waals surface area contributed by atoms with E-state index in [1.807, 2.05) is 27.7 Å². The monoisotopic (exact) mass is 247 g/mol. The molecule has 1 aromatic carbocycles. The number of hydrogen-bond donors (Lipinski definition) is 1. The number of phenolic OH excluding ortho intramolecular Hbond substituents is 1. The Kier molecular flexibility index (Phi) is 2.81. The Morgan fingerprint density at radius 1 is 1.33 bits per heavy atom. The van der Waals surface area contributed by atoms with Crippen LogP contribution < -0.4 is 0 Å². The van der Waals surface area contributed by atoms with Crippen LogP contribution in [0.3, 0.4) is 0 Å². The molecule has 1 heterocycles. The van der Waals surface area contributed by atoms with E-state index < -0.39 is 11.7 Å². The van der Waals surface area contributed by atoms with Crippen molar-refractivity contribution in [3.8, 4) is 5.75 Å². The van der Waals surface area contributed by atoms with E-state index in [4.69, 9.17) is 4.74 Å². The second-order valence-electron chi connectivity index (χ2n) is 5.36. The number of fused-ring (bicyclic) bond motifs is 1. The predicted molar refractivity (Wildman–Crippen MR) is 70.0 cm³/mol. The van der Waals surface area contributed by atoms with Gasteiger partial charge in [0.2, 0.25) is 0 Å². The zero-order valence-electron chi connectivity index (χ0n) is 11.0. The van der Waals surface area contributed by atoms with E-state index >= 15 is 0 Å². The highest BCUT2D eigenvalue weighted by Crippen LogP contribution is 2.25. The van der Waals surface area contributed by atoms with Crippen LogP contribution in [0, 0.1) is 6.92 Å². The van der Waals surface area contributed by atoms with Crippen LogP contribution in [-0.2, 0) is 4.74 Å². The highest BCUT2D eigenvalue weighted by molar-refractivity contribution is 5.92. The maximum absolute atomic E-state index is 12.1. The van der Waals surface area contributed by atoms with E-state index in [0.29, 0.717) is 5.52 Å². The molecule has 0 saturated heterocycles. The standard InChI is InChI=1S/C14H17NO3/c1-9-8-15(13(17)18-14(2,3)4)12-7-10(16)5-6-11(9)12/h5-8,16H,1-4H3. The van der Waals surface area contributed by atoms with Crippen molar-refractivity contribution in [1.82, 2.24) is 4.57 Å². The van der Waals surface area contributed by atoms with Crippen LogP contribution >= 0.6 is 0 Å². The first kappa shape index (κ1) is 12.5. The van der Waals surface area contributed by atoms with Crippen LogP contribution in [0.1, 0.15) is 26.3 Å². The summed E-state index contributed by atoms with van der Waals surface area (Å²) in [6.07, 6.45) is 1.28. The van der Waals surface area contributed by atoms with Crippen molar-refractivity contribution in [2.45, 2.75) is 33.3 Å². The predicted octanol–water partition coefficient (Wildman–Crippen LogP) is 3.44. The summed E-state index contributed by atoms with van der Waals surface area (Å²) in [6, 6.07) is 4.96. The van der Waals surface area contributed by atoms with Crippen LogP contribution in [0.15, 0.2) is 24.4 Å². The van der Waals surface area contributed by atoms with Crippen LogP contribution in [0.25, 0.3) is 10.9 Å². The van der Waals surface area contributed by atoms with Crippen LogP contribution in [0.5, 0.6) is 5.75 Å². The van der Waals surface area contributed by atoms with Crippen molar-refractivity contribution >= 4 is 17.0 Å². The molecule has 0 radical (unpaired) electrons. The lowest BCUT2D eigenvalue weighted by molar-refractivity contribution is 0.0544. The number of aromatic nitrogens is 1. The van der Waals surface area contributed by atoms with Gasteiger partial charge in [0, 0.05) is 17.6 Å². The molecule has 4 heteroatoms. The van der Waals surface area contributed by atoms with Gasteiger partial charge in [0.25, 0.3) is 0 Å². The van der Waals surface area contributed by atoms with Gasteiger partial charge in [-0.3, -0.25) is 4.57 Å². The van der Waals surface area contributed by atoms with Gasteiger partial charge in [0.05, 0.1) is 5.52 Å². The topological polar surface area (TPSA) is 51.5 Å². The molecule has 0 fully saturated rings. The molecule has 4 nitrogen and oxygen atoms in total. The molecular formula is C14H17NO3. The van der Waals surface area contributed by atoms with Gasteiger partial charge in [0.15, 0.2) is 0 Å². The Morgan fingerprint density at radius 2 is 2.00 bits per heavy atom. The summed E-state index contributed by atoms with van der Waals surface area (Å²) in [6.45, 7) is 7.38. The second kappa shape index (κ2) is 4.05. The van der Waals surface area contributed by atoms with Gasteiger partial charge < -0.3 is 9.84 Å². The number of rotatable bonds is 0. The summed E-state index contributed by atoms with van der Waals surface area (Å²) >= 11 is 0. The van der Waals surface area contributed by atoms with Crippen molar-refractivity contribution in [3.63, 3.8) is 0 Å². The second-order valence-corrected chi connectivity index (χ2v) is 5.36. The van der Waals surface area contributed by atoms with Gasteiger partial charge in [-0.15, -0.1) is 0 Å². The molecule has 0 atom stereocenters. The van der Waals surface area contributed by atoms with Gasteiger partial charge >= 0.3 is 6.09 Å². The Balaban J connectivity index is 2.51. The number of ether oxygens (including phenoxy) is 1. The molecule has 1 N–H and O–H groups in total. The Morgan fingerprint density at radius 3 is 2.61 bits per heavy atom. The molecule has 0 aliphatic rings. The summed E-state index contributed by atoms with van der Waals surface area (Å²) in [5.74, 6) is 0.130. The molecule has 0 unspecified atom stereocenters. The van der Waals surface area contributed by atoms with E-state index in [1.54, 1.807) is 24.4 Å². The number of aryl methyl sites for hydroxylation is 1. The molecule has 2 rings (SSSR count). The quantitative estimate of drug-likeness (QED) is 0.775. The summed E-state index contributed by atoms with van der Waals surface area (Å²) in [5, 5.41) is 10.4. The largest absolute Gasteiger partial charge is 0.508 e. The average molecular weight is 247 g/mol. The number of hydrogen-bond acceptors (Lipinski definition) is 3. The minimum absolute atomic E-state index is 0.130. The number of carbonyl (C=O) groups is 1. The molecule has 1 aromatic heterocycles. The highest BCUT2D eigenvalue weighted by Gasteiger charge is 2.20. The Bertz CT molecular complexity index is 605. The normalized spacial score (nSPS) is 11.8. The Hall–Kier alpha value is -1.97. The van der Waals surface area contributed by atoms with Crippen molar-refractivity contribution in [2.24, 2.45) is 0 Å². The lowest BCUT2D eigenvalue weighted by Crippen LogP contribution is -2.26. The molecule has 0 amide bonds. The zero-order valence-corrected chi connectivity index (χ0v) is 11.0. The summed E-state index contributed by atoms with van der Waals surface area (Å²) in [5.41, 5.74) is 1.08. The number of aromatic hydroxyl groups is 1. The van der Waals surface area contributed by atoms with Gasteiger partial charge in [-0.2, -0.15) is 0 Å². The maximum Gasteiger partial charge on any atom is 0.419 e. The minimum Gasteiger partial charge on any atom is -0.508 e. The zero-order chi connectivity index (χ0) is 13.5. The molecule has 96 valence electrons. The highest BCUT2D eigenvalue weighted by atomic mass is 16.6. The molecule has 18 heavy (non-hydrogen) atoms. The molecule has 0 aliphatic carbocycles. The fraction of sp³-hybridized carbons (Fsp3) is 0.357. The first-order valence-electron chi connectivity index (χ1n) is 5.82. The smallest absolute Gasteiger partial charge is 0.419 e. The average Bonchev–Trinajstić information content (AvgIpc) is 2.53. The fourth-order valence-electron chi connectivity index (χ4n) is 1.85. The van der Waals surface area contributed by atoms with Crippen molar-refractivity contribution in [3.05, 3.63) is 30.0 Å². The lowest BCUT2D eigenvalue weighted by atomic mass is 10.2. The first-order chi connectivity index (χ1) is 8.28.